The third-order valence-electron chi connectivity index (χ3n) is 3.93. The second-order valence-corrected chi connectivity index (χ2v) is 7.87. The second kappa shape index (κ2) is 7.04. The first-order chi connectivity index (χ1) is 9.66. The molecular formula is C15H24N2O3S. The molecule has 1 aromatic rings. The van der Waals surface area contributed by atoms with Crippen molar-refractivity contribution >= 4 is 15.7 Å². The first-order valence-electron chi connectivity index (χ1n) is 6.87. The van der Waals surface area contributed by atoms with Gasteiger partial charge in [0.15, 0.2) is 9.84 Å². The van der Waals surface area contributed by atoms with Crippen LogP contribution in [0.1, 0.15) is 29.8 Å². The molecule has 2 unspecified atom stereocenters. The second-order valence-electron chi connectivity index (χ2n) is 5.47. The van der Waals surface area contributed by atoms with Gasteiger partial charge in [0.05, 0.1) is 5.25 Å². The summed E-state index contributed by atoms with van der Waals surface area (Å²) in [7, 11) is 0.442. The molecule has 1 N–H and O–H groups in total. The number of benzene rings is 1. The van der Waals surface area contributed by atoms with Crippen molar-refractivity contribution in [3.05, 3.63) is 35.4 Å². The lowest BCUT2D eigenvalue weighted by atomic mass is 10.1. The van der Waals surface area contributed by atoms with Crippen LogP contribution >= 0.6 is 0 Å². The van der Waals surface area contributed by atoms with Gasteiger partial charge in [-0.3, -0.25) is 9.69 Å². The summed E-state index contributed by atoms with van der Waals surface area (Å²) in [6.45, 7) is 4.27. The van der Waals surface area contributed by atoms with Gasteiger partial charge in [-0.15, -0.1) is 0 Å². The van der Waals surface area contributed by atoms with Gasteiger partial charge in [0.2, 0.25) is 0 Å². The van der Waals surface area contributed by atoms with E-state index in [1.807, 2.05) is 31.0 Å². The van der Waals surface area contributed by atoms with Crippen molar-refractivity contribution < 1.29 is 13.2 Å². The number of hydrogen-bond donors (Lipinski definition) is 1. The predicted molar refractivity (Wildman–Crippen MR) is 85.1 cm³/mol. The topological polar surface area (TPSA) is 66.5 Å². The van der Waals surface area contributed by atoms with Gasteiger partial charge in [0, 0.05) is 31.5 Å². The monoisotopic (exact) mass is 312 g/mol. The molecular weight excluding hydrogens is 288 g/mol. The normalized spacial score (nSPS) is 14.8. The predicted octanol–water partition coefficient (Wildman–Crippen LogP) is 1.30. The van der Waals surface area contributed by atoms with Gasteiger partial charge in [0.1, 0.15) is 0 Å². The van der Waals surface area contributed by atoms with Crippen molar-refractivity contribution in [3.8, 4) is 0 Å². The molecule has 0 radical (unpaired) electrons. The molecule has 21 heavy (non-hydrogen) atoms. The molecule has 0 spiro atoms. The molecule has 2 atom stereocenters. The minimum absolute atomic E-state index is 0.0846. The fourth-order valence-electron chi connectivity index (χ4n) is 2.05. The van der Waals surface area contributed by atoms with Gasteiger partial charge in [0.25, 0.3) is 5.91 Å². The minimum Gasteiger partial charge on any atom is -0.355 e. The Morgan fingerprint density at radius 3 is 2.19 bits per heavy atom. The third kappa shape index (κ3) is 4.82. The van der Waals surface area contributed by atoms with Crippen molar-refractivity contribution in [2.75, 3.05) is 20.4 Å². The Balaban J connectivity index is 2.75. The largest absolute Gasteiger partial charge is 0.355 e. The molecule has 1 aromatic carbocycles. The molecule has 118 valence electrons. The standard InChI is InChI=1S/C15H24N2O3S/c1-11(12(2)21(5,19)20)17(4)10-13-6-8-14(9-7-13)15(18)16-3/h6-9,11-12H,10H2,1-5H3,(H,16,18). The van der Waals surface area contributed by atoms with E-state index in [1.165, 1.54) is 6.26 Å². The molecule has 0 saturated carbocycles. The Hall–Kier alpha value is -1.40. The highest BCUT2D eigenvalue weighted by Gasteiger charge is 2.25. The third-order valence-corrected chi connectivity index (χ3v) is 5.67. The van der Waals surface area contributed by atoms with Crippen molar-refractivity contribution in [2.24, 2.45) is 0 Å². The van der Waals surface area contributed by atoms with Crippen molar-refractivity contribution in [1.82, 2.24) is 10.2 Å². The zero-order chi connectivity index (χ0) is 16.2. The summed E-state index contributed by atoms with van der Waals surface area (Å²) in [5.74, 6) is -0.117. The van der Waals surface area contributed by atoms with E-state index in [0.717, 1.165) is 5.56 Å². The summed E-state index contributed by atoms with van der Waals surface area (Å²) < 4.78 is 23.2. The van der Waals surface area contributed by atoms with Gasteiger partial charge in [-0.05, 0) is 38.6 Å². The van der Waals surface area contributed by atoms with E-state index in [4.69, 9.17) is 0 Å². The Morgan fingerprint density at radius 2 is 1.76 bits per heavy atom. The maximum Gasteiger partial charge on any atom is 0.251 e. The number of amides is 1. The van der Waals surface area contributed by atoms with Gasteiger partial charge >= 0.3 is 0 Å². The Bertz CT molecular complexity index is 581. The van der Waals surface area contributed by atoms with Crippen LogP contribution in [0, 0.1) is 0 Å². The van der Waals surface area contributed by atoms with Gasteiger partial charge in [-0.25, -0.2) is 8.42 Å². The highest BCUT2D eigenvalue weighted by molar-refractivity contribution is 7.91. The van der Waals surface area contributed by atoms with E-state index in [1.54, 1.807) is 26.1 Å². The van der Waals surface area contributed by atoms with E-state index >= 15 is 0 Å². The highest BCUT2D eigenvalue weighted by Crippen LogP contribution is 2.14. The zero-order valence-electron chi connectivity index (χ0n) is 13.3. The lowest BCUT2D eigenvalue weighted by Crippen LogP contribution is -2.40. The van der Waals surface area contributed by atoms with Crippen LogP contribution in [0.15, 0.2) is 24.3 Å². The quantitative estimate of drug-likeness (QED) is 0.860. The van der Waals surface area contributed by atoms with Crippen LogP contribution in [0.5, 0.6) is 0 Å². The lowest BCUT2D eigenvalue weighted by molar-refractivity contribution is 0.0963. The van der Waals surface area contributed by atoms with E-state index < -0.39 is 15.1 Å². The Morgan fingerprint density at radius 1 is 1.24 bits per heavy atom. The van der Waals surface area contributed by atoms with Gasteiger partial charge in [-0.1, -0.05) is 12.1 Å². The Labute approximate surface area is 127 Å². The smallest absolute Gasteiger partial charge is 0.251 e. The first-order valence-corrected chi connectivity index (χ1v) is 8.82. The van der Waals surface area contributed by atoms with Crippen LogP contribution in [0.4, 0.5) is 0 Å². The van der Waals surface area contributed by atoms with Crippen LogP contribution < -0.4 is 5.32 Å². The minimum atomic E-state index is -3.06. The van der Waals surface area contributed by atoms with E-state index in [2.05, 4.69) is 5.32 Å². The van der Waals surface area contributed by atoms with E-state index in [-0.39, 0.29) is 11.9 Å². The van der Waals surface area contributed by atoms with Crippen LogP contribution in [-0.2, 0) is 16.4 Å². The number of carbonyl (C=O) groups is 1. The SMILES string of the molecule is CNC(=O)c1ccc(CN(C)C(C)C(C)S(C)(=O)=O)cc1. The molecule has 6 heteroatoms. The zero-order valence-corrected chi connectivity index (χ0v) is 14.1. The Kier molecular flexibility index (Phi) is 5.92. The van der Waals surface area contributed by atoms with Crippen molar-refractivity contribution in [3.63, 3.8) is 0 Å². The molecule has 0 aliphatic carbocycles. The number of nitrogens with zero attached hydrogens (tertiary/aromatic N) is 1. The summed E-state index contributed by atoms with van der Waals surface area (Å²) >= 11 is 0. The summed E-state index contributed by atoms with van der Waals surface area (Å²) in [5.41, 5.74) is 1.65. The molecule has 1 amide bonds. The van der Waals surface area contributed by atoms with Crippen LogP contribution in [0.25, 0.3) is 0 Å². The number of carbonyl (C=O) groups excluding carboxylic acids is 1. The van der Waals surface area contributed by atoms with Crippen LogP contribution in [0.3, 0.4) is 0 Å². The fraction of sp³-hybridized carbons (Fsp3) is 0.533. The van der Waals surface area contributed by atoms with Crippen LogP contribution in [-0.4, -0.2) is 50.9 Å². The molecule has 0 heterocycles. The van der Waals surface area contributed by atoms with E-state index in [0.29, 0.717) is 12.1 Å². The molecule has 0 aliphatic rings. The number of rotatable bonds is 6. The molecule has 0 aliphatic heterocycles. The first kappa shape index (κ1) is 17.7. The summed E-state index contributed by atoms with van der Waals surface area (Å²) in [4.78, 5) is 13.5. The highest BCUT2D eigenvalue weighted by atomic mass is 32.2. The maximum atomic E-state index is 11.6. The molecule has 0 fully saturated rings. The lowest BCUT2D eigenvalue weighted by Gasteiger charge is -2.28. The molecule has 1 rings (SSSR count). The summed E-state index contributed by atoms with van der Waals surface area (Å²) in [6.07, 6.45) is 1.26. The van der Waals surface area contributed by atoms with Crippen LogP contribution in [0.2, 0.25) is 0 Å². The molecule has 0 saturated heterocycles. The summed E-state index contributed by atoms with van der Waals surface area (Å²) in [6, 6.07) is 7.23. The average molecular weight is 312 g/mol. The number of sulfone groups is 1. The van der Waals surface area contributed by atoms with Gasteiger partial charge < -0.3 is 5.32 Å². The fourth-order valence-corrected chi connectivity index (χ4v) is 2.98. The number of hydrogen-bond acceptors (Lipinski definition) is 4. The molecule has 0 aromatic heterocycles. The number of nitrogens with one attached hydrogen (secondary N) is 1. The van der Waals surface area contributed by atoms with Crippen molar-refractivity contribution in [2.45, 2.75) is 31.7 Å². The average Bonchev–Trinajstić information content (AvgIpc) is 2.44. The van der Waals surface area contributed by atoms with Crippen molar-refractivity contribution in [1.29, 1.82) is 0 Å². The molecule has 5 nitrogen and oxygen atoms in total. The van der Waals surface area contributed by atoms with E-state index in [9.17, 15) is 13.2 Å². The maximum absolute atomic E-state index is 11.6. The van der Waals surface area contributed by atoms with Gasteiger partial charge in [-0.2, -0.15) is 0 Å². The molecule has 0 bridgehead atoms. The summed E-state index contributed by atoms with van der Waals surface area (Å²) in [5, 5.41) is 2.15.